The second-order valence-electron chi connectivity index (χ2n) is 10.3. The van der Waals surface area contributed by atoms with Crippen LogP contribution in [0.25, 0.3) is 6.08 Å². The second-order valence-corrected chi connectivity index (χ2v) is 11.5. The molecule has 196 valence electrons. The monoisotopic (exact) mass is 611 g/mol. The summed E-state index contributed by atoms with van der Waals surface area (Å²) < 4.78 is 1.16. The quantitative estimate of drug-likeness (QED) is 0.332. The van der Waals surface area contributed by atoms with E-state index in [2.05, 4.69) is 75.9 Å². The van der Waals surface area contributed by atoms with Crippen LogP contribution in [0.15, 0.2) is 49.1 Å². The van der Waals surface area contributed by atoms with E-state index >= 15 is 0 Å². The highest BCUT2D eigenvalue weighted by atomic mass is 127. The normalized spacial score (nSPS) is 18.6. The third kappa shape index (κ3) is 7.03. The fraction of sp³-hybridized carbons (Fsp3) is 0.419. The van der Waals surface area contributed by atoms with Crippen LogP contribution in [0.3, 0.4) is 0 Å². The van der Waals surface area contributed by atoms with Crippen molar-refractivity contribution in [3.05, 3.63) is 86.3 Å². The summed E-state index contributed by atoms with van der Waals surface area (Å²) in [5, 5.41) is 3.13. The third-order valence-corrected chi connectivity index (χ3v) is 8.02. The van der Waals surface area contributed by atoms with Crippen molar-refractivity contribution in [2.75, 3.05) is 13.6 Å². The third-order valence-electron chi connectivity index (χ3n) is 7.40. The number of aromatic amines is 1. The van der Waals surface area contributed by atoms with E-state index in [9.17, 15) is 9.59 Å². The number of amides is 2. The van der Waals surface area contributed by atoms with Crippen molar-refractivity contribution in [3.63, 3.8) is 0 Å². The Labute approximate surface area is 234 Å². The molecule has 0 saturated heterocycles. The first-order chi connectivity index (χ1) is 17.9. The van der Waals surface area contributed by atoms with Gasteiger partial charge < -0.3 is 15.2 Å². The van der Waals surface area contributed by atoms with Crippen molar-refractivity contribution >= 4 is 40.5 Å². The standard InChI is InChI=1S/C31H38IN3O2/c1-4-6-10-21(5-2)20-35(3)31(37)29-18-23-15-22(16-24(32)17-23)11-9-14-28-26(19-30(36)34-29)25-12-7-8-13-27(25)33-28/h4-6,8,13,15-17,21,29,33H,2,7,9-12,14,18-20H2,1,3H3,(H,34,36)/b6-4-/t21?,29-/m0/s1. The van der Waals surface area contributed by atoms with Crippen molar-refractivity contribution in [3.8, 4) is 0 Å². The molecule has 1 aromatic carbocycles. The number of halogens is 1. The largest absolute Gasteiger partial charge is 0.358 e. The summed E-state index contributed by atoms with van der Waals surface area (Å²) in [5.74, 6) is 0.0146. The van der Waals surface area contributed by atoms with Crippen LogP contribution in [-0.4, -0.2) is 41.3 Å². The molecule has 2 aromatic rings. The Morgan fingerprint density at radius 3 is 2.81 bits per heavy atom. The number of carbonyl (C=O) groups excluding carboxylic acids is 2. The number of nitrogens with zero attached hydrogens (tertiary/aromatic N) is 1. The molecule has 0 fully saturated rings. The SMILES string of the molecule is C=CC(C/C=C\C)CN(C)C(=O)[C@@H]1Cc2cc(I)cc(c2)CCCc2[nH]c3c(c2CC(=O)N1)CCC=C3. The number of fused-ring (bicyclic) bond motifs is 5. The molecule has 0 spiro atoms. The van der Waals surface area contributed by atoms with Crippen LogP contribution < -0.4 is 5.32 Å². The van der Waals surface area contributed by atoms with Gasteiger partial charge in [0, 0.05) is 35.0 Å². The molecule has 2 bridgehead atoms. The zero-order valence-corrected chi connectivity index (χ0v) is 24.1. The number of hydrogen-bond donors (Lipinski definition) is 2. The number of aryl methyl sites for hydroxylation is 2. The van der Waals surface area contributed by atoms with Gasteiger partial charge >= 0.3 is 0 Å². The van der Waals surface area contributed by atoms with E-state index in [0.717, 1.165) is 64.6 Å². The summed E-state index contributed by atoms with van der Waals surface area (Å²) >= 11 is 2.35. The van der Waals surface area contributed by atoms with Crippen LogP contribution in [0.5, 0.6) is 0 Å². The van der Waals surface area contributed by atoms with Crippen LogP contribution in [0.1, 0.15) is 59.8 Å². The van der Waals surface area contributed by atoms with Crippen LogP contribution >= 0.6 is 22.6 Å². The van der Waals surface area contributed by atoms with E-state index in [-0.39, 0.29) is 17.7 Å². The van der Waals surface area contributed by atoms with Crippen LogP contribution in [0.4, 0.5) is 0 Å². The zero-order valence-electron chi connectivity index (χ0n) is 22.0. The Kier molecular flexibility index (Phi) is 9.46. The molecule has 4 rings (SSSR count). The number of H-pyrrole nitrogens is 1. The van der Waals surface area contributed by atoms with Gasteiger partial charge in [-0.05, 0) is 114 Å². The fourth-order valence-electron chi connectivity index (χ4n) is 5.50. The highest BCUT2D eigenvalue weighted by Crippen LogP contribution is 2.28. The molecular weight excluding hydrogens is 573 g/mol. The summed E-state index contributed by atoms with van der Waals surface area (Å²) in [7, 11) is 1.83. The van der Waals surface area contributed by atoms with Crippen molar-refractivity contribution in [1.29, 1.82) is 0 Å². The van der Waals surface area contributed by atoms with E-state index in [0.29, 0.717) is 19.4 Å². The predicted octanol–water partition coefficient (Wildman–Crippen LogP) is 5.56. The molecule has 2 N–H and O–H groups in total. The number of allylic oxidation sites excluding steroid dienone is 3. The Bertz CT molecular complexity index is 1210. The van der Waals surface area contributed by atoms with Crippen LogP contribution in [-0.2, 0) is 41.7 Å². The minimum Gasteiger partial charge on any atom is -0.358 e. The van der Waals surface area contributed by atoms with E-state index in [4.69, 9.17) is 0 Å². The molecule has 1 unspecified atom stereocenters. The van der Waals surface area contributed by atoms with Crippen LogP contribution in [0, 0.1) is 9.49 Å². The van der Waals surface area contributed by atoms with Gasteiger partial charge in [0.25, 0.3) is 0 Å². The molecule has 0 radical (unpaired) electrons. The first-order valence-corrected chi connectivity index (χ1v) is 14.4. The topological polar surface area (TPSA) is 65.2 Å². The van der Waals surface area contributed by atoms with Gasteiger partial charge in [-0.3, -0.25) is 9.59 Å². The first-order valence-electron chi connectivity index (χ1n) is 13.3. The summed E-state index contributed by atoms with van der Waals surface area (Å²) in [6.07, 6.45) is 16.8. The number of rotatable bonds is 6. The molecule has 1 aliphatic carbocycles. The number of likely N-dealkylation sites (N-methyl/N-ethyl adjacent to an activating group) is 1. The number of nitrogens with one attached hydrogen (secondary N) is 2. The molecular formula is C31H38IN3O2. The average Bonchev–Trinajstić information content (AvgIpc) is 3.21. The van der Waals surface area contributed by atoms with Gasteiger partial charge in [-0.15, -0.1) is 6.58 Å². The molecule has 2 heterocycles. The molecule has 6 heteroatoms. The van der Waals surface area contributed by atoms with Crippen molar-refractivity contribution in [2.45, 2.75) is 64.3 Å². The van der Waals surface area contributed by atoms with E-state index in [1.165, 1.54) is 11.1 Å². The van der Waals surface area contributed by atoms with Gasteiger partial charge in [0.05, 0.1) is 6.42 Å². The highest BCUT2D eigenvalue weighted by Gasteiger charge is 2.27. The lowest BCUT2D eigenvalue weighted by Gasteiger charge is -2.27. The summed E-state index contributed by atoms with van der Waals surface area (Å²) in [6, 6.07) is 5.94. The van der Waals surface area contributed by atoms with Gasteiger partial charge in [0.15, 0.2) is 0 Å². The first kappa shape index (κ1) is 27.4. The summed E-state index contributed by atoms with van der Waals surface area (Å²) in [4.78, 5) is 32.5. The average molecular weight is 612 g/mol. The van der Waals surface area contributed by atoms with Gasteiger partial charge in [0.1, 0.15) is 6.04 Å². The Morgan fingerprint density at radius 1 is 1.22 bits per heavy atom. The smallest absolute Gasteiger partial charge is 0.245 e. The van der Waals surface area contributed by atoms with Crippen LogP contribution in [0.2, 0.25) is 0 Å². The van der Waals surface area contributed by atoms with Gasteiger partial charge in [-0.2, -0.15) is 0 Å². The van der Waals surface area contributed by atoms with E-state index in [1.54, 1.807) is 4.90 Å². The molecule has 1 aromatic heterocycles. The van der Waals surface area contributed by atoms with Crippen molar-refractivity contribution < 1.29 is 9.59 Å². The zero-order chi connectivity index (χ0) is 26.4. The van der Waals surface area contributed by atoms with Gasteiger partial charge in [-0.25, -0.2) is 0 Å². The number of benzene rings is 1. The lowest BCUT2D eigenvalue weighted by molar-refractivity contribution is -0.135. The Balaban J connectivity index is 1.63. The molecule has 2 aliphatic rings. The maximum Gasteiger partial charge on any atom is 0.245 e. The number of hydrogen-bond acceptors (Lipinski definition) is 2. The lowest BCUT2D eigenvalue weighted by atomic mass is 9.95. The maximum absolute atomic E-state index is 13.7. The molecule has 0 saturated carbocycles. The Morgan fingerprint density at radius 2 is 2.03 bits per heavy atom. The van der Waals surface area contributed by atoms with E-state index in [1.807, 2.05) is 26.1 Å². The number of aromatic nitrogens is 1. The van der Waals surface area contributed by atoms with Crippen molar-refractivity contribution in [1.82, 2.24) is 15.2 Å². The lowest BCUT2D eigenvalue weighted by Crippen LogP contribution is -2.50. The second kappa shape index (κ2) is 12.8. The minimum atomic E-state index is -0.616. The molecule has 2 atom stereocenters. The molecule has 37 heavy (non-hydrogen) atoms. The molecule has 2 amide bonds. The predicted molar refractivity (Wildman–Crippen MR) is 159 cm³/mol. The summed E-state index contributed by atoms with van der Waals surface area (Å²) in [5.41, 5.74) is 7.04. The van der Waals surface area contributed by atoms with Gasteiger partial charge in [-0.1, -0.05) is 30.4 Å². The molecule has 5 nitrogen and oxygen atoms in total. The fourth-order valence-corrected chi connectivity index (χ4v) is 6.30. The Hall–Kier alpha value is -2.61. The van der Waals surface area contributed by atoms with Crippen molar-refractivity contribution in [2.24, 2.45) is 5.92 Å². The summed E-state index contributed by atoms with van der Waals surface area (Å²) in [6.45, 7) is 6.52. The maximum atomic E-state index is 13.7. The number of carbonyl (C=O) groups is 2. The highest BCUT2D eigenvalue weighted by molar-refractivity contribution is 14.1. The van der Waals surface area contributed by atoms with E-state index < -0.39 is 6.04 Å². The minimum absolute atomic E-state index is 0.0600. The molecule has 1 aliphatic heterocycles. The van der Waals surface area contributed by atoms with Gasteiger partial charge in [0.2, 0.25) is 11.8 Å².